The Morgan fingerprint density at radius 3 is 2.64 bits per heavy atom. The molecule has 7 heteroatoms. The van der Waals surface area contributed by atoms with Crippen molar-refractivity contribution in [1.29, 1.82) is 0 Å². The van der Waals surface area contributed by atoms with Crippen LogP contribution >= 0.6 is 39.9 Å². The van der Waals surface area contributed by atoms with Gasteiger partial charge in [-0.15, -0.1) is 0 Å². The third-order valence-corrected chi connectivity index (χ3v) is 6.49. The van der Waals surface area contributed by atoms with Crippen LogP contribution in [0.1, 0.15) is 18.1 Å². The number of amides is 1. The maximum Gasteiger partial charge on any atom is 0.266 e. The normalized spacial score (nSPS) is 16.0. The monoisotopic (exact) mass is 474 g/mol. The maximum absolute atomic E-state index is 13.2. The third kappa shape index (κ3) is 3.66. The molecule has 28 heavy (non-hydrogen) atoms. The predicted molar refractivity (Wildman–Crippen MR) is 121 cm³/mol. The molecule has 4 rings (SSSR count). The van der Waals surface area contributed by atoms with Gasteiger partial charge in [0.25, 0.3) is 5.91 Å². The molecule has 0 aliphatic carbocycles. The molecule has 1 aromatic heterocycles. The van der Waals surface area contributed by atoms with Crippen molar-refractivity contribution in [2.75, 3.05) is 6.54 Å². The number of thiocarbonyl (C=S) groups is 1. The van der Waals surface area contributed by atoms with E-state index in [0.29, 0.717) is 22.3 Å². The Kier molecular flexibility index (Phi) is 5.40. The number of fused-ring (bicyclic) bond motifs is 1. The molecule has 0 spiro atoms. The van der Waals surface area contributed by atoms with Gasteiger partial charge in [-0.2, -0.15) is 0 Å². The molecule has 2 heterocycles. The molecule has 0 N–H and O–H groups in total. The Labute approximate surface area is 180 Å². The zero-order chi connectivity index (χ0) is 19.8. The number of benzene rings is 2. The molecule has 1 amide bonds. The SMILES string of the molecule is CCN1C(=O)/C(=C/c2cn(Cc3ccc(F)cc3)c3ccc(Br)cc23)SC1=S. The van der Waals surface area contributed by atoms with Gasteiger partial charge in [0.15, 0.2) is 0 Å². The molecule has 1 fully saturated rings. The van der Waals surface area contributed by atoms with Crippen molar-refractivity contribution in [1.82, 2.24) is 9.47 Å². The van der Waals surface area contributed by atoms with E-state index in [9.17, 15) is 9.18 Å². The zero-order valence-corrected chi connectivity index (χ0v) is 18.2. The van der Waals surface area contributed by atoms with E-state index in [0.717, 1.165) is 26.5 Å². The molecule has 1 saturated heterocycles. The Balaban J connectivity index is 1.78. The highest BCUT2D eigenvalue weighted by atomic mass is 79.9. The number of hydrogen-bond donors (Lipinski definition) is 0. The number of halogens is 2. The minimum atomic E-state index is -0.247. The Hall–Kier alpha value is -1.96. The molecule has 1 aliphatic heterocycles. The highest BCUT2D eigenvalue weighted by molar-refractivity contribution is 9.10. The second-order valence-electron chi connectivity index (χ2n) is 6.43. The van der Waals surface area contributed by atoms with Crippen LogP contribution in [0.4, 0.5) is 4.39 Å². The van der Waals surface area contributed by atoms with E-state index < -0.39 is 0 Å². The number of nitrogens with zero attached hydrogens (tertiary/aromatic N) is 2. The van der Waals surface area contributed by atoms with Crippen LogP contribution in [0.5, 0.6) is 0 Å². The van der Waals surface area contributed by atoms with Crippen LogP contribution in [0, 0.1) is 5.82 Å². The van der Waals surface area contributed by atoms with Gasteiger partial charge >= 0.3 is 0 Å². The Bertz CT molecular complexity index is 1120. The van der Waals surface area contributed by atoms with Gasteiger partial charge in [0, 0.05) is 40.2 Å². The van der Waals surface area contributed by atoms with Gasteiger partial charge in [0.05, 0.1) is 4.91 Å². The van der Waals surface area contributed by atoms with E-state index in [4.69, 9.17) is 12.2 Å². The lowest BCUT2D eigenvalue weighted by atomic mass is 10.1. The summed E-state index contributed by atoms with van der Waals surface area (Å²) in [5.74, 6) is -0.296. The highest BCUT2D eigenvalue weighted by Crippen LogP contribution is 2.35. The maximum atomic E-state index is 13.2. The summed E-state index contributed by atoms with van der Waals surface area (Å²) in [4.78, 5) is 14.8. The summed E-state index contributed by atoms with van der Waals surface area (Å²) >= 11 is 10.2. The molecule has 1 aliphatic rings. The average Bonchev–Trinajstić information content (AvgIpc) is 3.13. The quantitative estimate of drug-likeness (QED) is 0.352. The van der Waals surface area contributed by atoms with Gasteiger partial charge in [-0.1, -0.05) is 52.0 Å². The number of hydrogen-bond acceptors (Lipinski definition) is 3. The summed E-state index contributed by atoms with van der Waals surface area (Å²) in [6, 6.07) is 12.6. The molecule has 0 atom stereocenters. The van der Waals surface area contributed by atoms with Gasteiger partial charge in [-0.05, 0) is 48.9 Å². The fourth-order valence-corrected chi connectivity index (χ4v) is 4.98. The van der Waals surface area contributed by atoms with Crippen molar-refractivity contribution >= 4 is 67.1 Å². The van der Waals surface area contributed by atoms with Crippen LogP contribution in [0.25, 0.3) is 17.0 Å². The molecule has 0 unspecified atom stereocenters. The fraction of sp³-hybridized carbons (Fsp3) is 0.143. The summed E-state index contributed by atoms with van der Waals surface area (Å²) in [5.41, 5.74) is 3.00. The molecule has 2 aromatic carbocycles. The first-order valence-electron chi connectivity index (χ1n) is 8.74. The van der Waals surface area contributed by atoms with Gasteiger partial charge < -0.3 is 4.57 Å². The van der Waals surface area contributed by atoms with Crippen molar-refractivity contribution in [2.45, 2.75) is 13.5 Å². The molecule has 0 radical (unpaired) electrons. The molecule has 142 valence electrons. The van der Waals surface area contributed by atoms with E-state index in [1.54, 1.807) is 17.0 Å². The van der Waals surface area contributed by atoms with Crippen molar-refractivity contribution in [3.8, 4) is 0 Å². The van der Waals surface area contributed by atoms with Crippen LogP contribution in [0.3, 0.4) is 0 Å². The lowest BCUT2D eigenvalue weighted by molar-refractivity contribution is -0.121. The predicted octanol–water partition coefficient (Wildman–Crippen LogP) is 5.81. The van der Waals surface area contributed by atoms with E-state index in [1.807, 2.05) is 37.4 Å². The summed E-state index contributed by atoms with van der Waals surface area (Å²) in [7, 11) is 0. The van der Waals surface area contributed by atoms with Crippen molar-refractivity contribution in [3.05, 3.63) is 75.0 Å². The summed E-state index contributed by atoms with van der Waals surface area (Å²) in [6.45, 7) is 3.10. The standard InChI is InChI=1S/C21H16BrFN2OS2/c1-2-25-20(26)19(28-21(25)27)9-14-12-24(11-13-3-6-16(23)7-4-13)18-8-5-15(22)10-17(14)18/h3-10,12H,2,11H2,1H3/b19-9-. The number of rotatable bonds is 4. The Morgan fingerprint density at radius 2 is 1.96 bits per heavy atom. The van der Waals surface area contributed by atoms with E-state index in [2.05, 4.69) is 20.5 Å². The molecular formula is C21H16BrFN2OS2. The largest absolute Gasteiger partial charge is 0.342 e. The first kappa shape index (κ1) is 19.4. The second-order valence-corrected chi connectivity index (χ2v) is 9.02. The third-order valence-electron chi connectivity index (χ3n) is 4.62. The summed E-state index contributed by atoms with van der Waals surface area (Å²) < 4.78 is 16.9. The second kappa shape index (κ2) is 7.81. The smallest absolute Gasteiger partial charge is 0.266 e. The number of likely N-dealkylation sites (N-methyl/N-ethyl adjacent to an activating group) is 1. The van der Waals surface area contributed by atoms with Crippen LogP contribution < -0.4 is 0 Å². The molecular weight excluding hydrogens is 459 g/mol. The fourth-order valence-electron chi connectivity index (χ4n) is 3.24. The molecule has 3 aromatic rings. The minimum absolute atomic E-state index is 0.0491. The lowest BCUT2D eigenvalue weighted by Crippen LogP contribution is -2.27. The van der Waals surface area contributed by atoms with Gasteiger partial charge in [-0.25, -0.2) is 4.39 Å². The van der Waals surface area contributed by atoms with Crippen LogP contribution in [0.2, 0.25) is 0 Å². The van der Waals surface area contributed by atoms with Crippen LogP contribution in [-0.2, 0) is 11.3 Å². The number of carbonyl (C=O) groups excluding carboxylic acids is 1. The van der Waals surface area contributed by atoms with Gasteiger partial charge in [0.1, 0.15) is 10.1 Å². The molecule has 0 bridgehead atoms. The number of carbonyl (C=O) groups is 1. The lowest BCUT2D eigenvalue weighted by Gasteiger charge is -2.09. The molecule has 0 saturated carbocycles. The minimum Gasteiger partial charge on any atom is -0.342 e. The Morgan fingerprint density at radius 1 is 1.21 bits per heavy atom. The zero-order valence-electron chi connectivity index (χ0n) is 15.0. The molecule has 3 nitrogen and oxygen atoms in total. The van der Waals surface area contributed by atoms with Gasteiger partial charge in [0.2, 0.25) is 0 Å². The van der Waals surface area contributed by atoms with E-state index >= 15 is 0 Å². The van der Waals surface area contributed by atoms with Crippen molar-refractivity contribution in [2.24, 2.45) is 0 Å². The number of aromatic nitrogens is 1. The van der Waals surface area contributed by atoms with Crippen LogP contribution in [-0.4, -0.2) is 26.2 Å². The number of thioether (sulfide) groups is 1. The summed E-state index contributed by atoms with van der Waals surface area (Å²) in [6.07, 6.45) is 3.93. The first-order valence-corrected chi connectivity index (χ1v) is 10.8. The first-order chi connectivity index (χ1) is 13.5. The van der Waals surface area contributed by atoms with E-state index in [-0.39, 0.29) is 11.7 Å². The topological polar surface area (TPSA) is 25.2 Å². The highest BCUT2D eigenvalue weighted by Gasteiger charge is 2.30. The van der Waals surface area contributed by atoms with Crippen LogP contribution in [0.15, 0.2) is 58.0 Å². The average molecular weight is 475 g/mol. The van der Waals surface area contributed by atoms with Crippen molar-refractivity contribution in [3.63, 3.8) is 0 Å². The van der Waals surface area contributed by atoms with Crippen molar-refractivity contribution < 1.29 is 9.18 Å². The summed E-state index contributed by atoms with van der Waals surface area (Å²) in [5, 5.41) is 1.04. The van der Waals surface area contributed by atoms with Gasteiger partial charge in [-0.3, -0.25) is 9.69 Å². The van der Waals surface area contributed by atoms with E-state index in [1.165, 1.54) is 23.9 Å².